The van der Waals surface area contributed by atoms with Gasteiger partial charge in [0.1, 0.15) is 6.10 Å². The van der Waals surface area contributed by atoms with Crippen LogP contribution in [-0.4, -0.2) is 44.4 Å². The molecule has 1 unspecified atom stereocenters. The molecule has 0 fully saturated rings. The Balaban J connectivity index is 1.64. The molecule has 3 aromatic carbocycles. The standard InChI is InChI=1S/C34H48O4Si/c1-32(2,3)39(29-19-13-9-14-20-29,30-21-15-10-16-22-30)37-26-24-33(4,5)36-25-23-34(6,7)38-31(27-35)28-17-11-8-12-18-28/h8-22,31,35H,23-27H2,1-7H3. The summed E-state index contributed by atoms with van der Waals surface area (Å²) >= 11 is 0. The van der Waals surface area contributed by atoms with Crippen LogP contribution in [0.1, 0.15) is 73.0 Å². The molecule has 5 heteroatoms. The third-order valence-electron chi connectivity index (χ3n) is 7.43. The highest BCUT2D eigenvalue weighted by atomic mass is 28.4. The van der Waals surface area contributed by atoms with Crippen LogP contribution in [-0.2, 0) is 13.9 Å². The molecule has 0 saturated heterocycles. The smallest absolute Gasteiger partial charge is 0.261 e. The van der Waals surface area contributed by atoms with Gasteiger partial charge in [-0.05, 0) is 61.5 Å². The van der Waals surface area contributed by atoms with Crippen molar-refractivity contribution in [3.8, 4) is 0 Å². The molecule has 0 radical (unpaired) electrons. The second-order valence-corrected chi connectivity index (χ2v) is 16.9. The van der Waals surface area contributed by atoms with Crippen LogP contribution in [0.2, 0.25) is 5.04 Å². The first-order valence-electron chi connectivity index (χ1n) is 14.1. The number of rotatable bonds is 14. The van der Waals surface area contributed by atoms with Crippen LogP contribution in [0, 0.1) is 0 Å². The van der Waals surface area contributed by atoms with Crippen LogP contribution < -0.4 is 10.4 Å². The molecule has 0 bridgehead atoms. The first-order chi connectivity index (χ1) is 18.4. The van der Waals surface area contributed by atoms with Gasteiger partial charge in [0, 0.05) is 6.61 Å². The predicted octanol–water partition coefficient (Wildman–Crippen LogP) is 6.67. The molecule has 39 heavy (non-hydrogen) atoms. The highest BCUT2D eigenvalue weighted by Gasteiger charge is 2.50. The van der Waals surface area contributed by atoms with Gasteiger partial charge in [-0.3, -0.25) is 0 Å². The molecule has 212 valence electrons. The Bertz CT molecular complexity index is 1070. The molecule has 1 atom stereocenters. The Labute approximate surface area is 237 Å². The first kappa shape index (κ1) is 31.2. The number of ether oxygens (including phenoxy) is 2. The van der Waals surface area contributed by atoms with Gasteiger partial charge in [-0.15, -0.1) is 0 Å². The van der Waals surface area contributed by atoms with Gasteiger partial charge in [0.25, 0.3) is 8.32 Å². The van der Waals surface area contributed by atoms with Crippen LogP contribution >= 0.6 is 0 Å². The number of aliphatic hydroxyl groups is 1. The summed E-state index contributed by atoms with van der Waals surface area (Å²) < 4.78 is 19.8. The fourth-order valence-electron chi connectivity index (χ4n) is 5.18. The van der Waals surface area contributed by atoms with E-state index in [1.807, 2.05) is 30.3 Å². The van der Waals surface area contributed by atoms with Crippen molar-refractivity contribution < 1.29 is 19.0 Å². The van der Waals surface area contributed by atoms with Crippen molar-refractivity contribution in [3.05, 3.63) is 96.6 Å². The maximum absolute atomic E-state index is 9.92. The van der Waals surface area contributed by atoms with Crippen molar-refractivity contribution in [3.63, 3.8) is 0 Å². The van der Waals surface area contributed by atoms with Crippen LogP contribution in [0.15, 0.2) is 91.0 Å². The molecule has 3 aromatic rings. The van der Waals surface area contributed by atoms with Crippen molar-refractivity contribution in [2.24, 2.45) is 0 Å². The van der Waals surface area contributed by atoms with Gasteiger partial charge in [-0.1, -0.05) is 112 Å². The zero-order chi connectivity index (χ0) is 28.6. The molecule has 0 aliphatic rings. The summed E-state index contributed by atoms with van der Waals surface area (Å²) in [6.07, 6.45) is 1.14. The topological polar surface area (TPSA) is 47.9 Å². The number of hydrogen-bond acceptors (Lipinski definition) is 4. The summed E-state index contributed by atoms with van der Waals surface area (Å²) in [7, 11) is -2.56. The van der Waals surface area contributed by atoms with Crippen molar-refractivity contribution >= 4 is 18.7 Å². The van der Waals surface area contributed by atoms with Gasteiger partial charge in [-0.25, -0.2) is 0 Å². The maximum Gasteiger partial charge on any atom is 0.261 e. The molecular weight excluding hydrogens is 500 g/mol. The molecule has 0 spiro atoms. The van der Waals surface area contributed by atoms with Crippen molar-refractivity contribution in [1.29, 1.82) is 0 Å². The fraction of sp³-hybridized carbons (Fsp3) is 0.471. The molecule has 0 heterocycles. The molecule has 1 N–H and O–H groups in total. The summed E-state index contributed by atoms with van der Waals surface area (Å²) in [5.41, 5.74) is 0.192. The van der Waals surface area contributed by atoms with E-state index in [2.05, 4.69) is 109 Å². The average Bonchev–Trinajstić information content (AvgIpc) is 2.90. The highest BCUT2D eigenvalue weighted by molar-refractivity contribution is 6.99. The van der Waals surface area contributed by atoms with E-state index in [1.54, 1.807) is 0 Å². The molecular formula is C34H48O4Si. The molecule has 0 aliphatic carbocycles. The summed E-state index contributed by atoms with van der Waals surface area (Å²) in [5.74, 6) is 0. The van der Waals surface area contributed by atoms with Gasteiger partial charge >= 0.3 is 0 Å². The minimum atomic E-state index is -2.56. The molecule has 0 amide bonds. The van der Waals surface area contributed by atoms with E-state index in [9.17, 15) is 5.11 Å². The highest BCUT2D eigenvalue weighted by Crippen LogP contribution is 2.37. The summed E-state index contributed by atoms with van der Waals surface area (Å²) in [6, 6.07) is 31.4. The third kappa shape index (κ3) is 8.35. The Morgan fingerprint density at radius 3 is 1.56 bits per heavy atom. The lowest BCUT2D eigenvalue weighted by Crippen LogP contribution is -2.66. The van der Waals surface area contributed by atoms with Gasteiger partial charge < -0.3 is 19.0 Å². The number of benzene rings is 3. The zero-order valence-corrected chi connectivity index (χ0v) is 25.9. The van der Waals surface area contributed by atoms with Gasteiger partial charge in [0.2, 0.25) is 0 Å². The normalized spacial score (nSPS) is 13.8. The molecule has 0 aliphatic heterocycles. The molecule has 4 nitrogen and oxygen atoms in total. The summed E-state index contributed by atoms with van der Waals surface area (Å²) in [6.45, 7) is 16.4. The van der Waals surface area contributed by atoms with Crippen molar-refractivity contribution in [2.75, 3.05) is 19.8 Å². The van der Waals surface area contributed by atoms with Crippen LogP contribution in [0.5, 0.6) is 0 Å². The lowest BCUT2D eigenvalue weighted by molar-refractivity contribution is -0.117. The predicted molar refractivity (Wildman–Crippen MR) is 164 cm³/mol. The fourth-order valence-corrected chi connectivity index (χ4v) is 9.74. The summed E-state index contributed by atoms with van der Waals surface area (Å²) in [5, 5.41) is 12.4. The monoisotopic (exact) mass is 548 g/mol. The minimum Gasteiger partial charge on any atom is -0.407 e. The van der Waals surface area contributed by atoms with E-state index >= 15 is 0 Å². The molecule has 0 saturated carbocycles. The number of aliphatic hydroxyl groups excluding tert-OH is 1. The Morgan fingerprint density at radius 2 is 1.10 bits per heavy atom. The lowest BCUT2D eigenvalue weighted by atomic mass is 10.0. The van der Waals surface area contributed by atoms with E-state index in [0.717, 1.165) is 18.4 Å². The SMILES string of the molecule is CC(C)(CCO[Si](c1ccccc1)(c1ccccc1)C(C)(C)C)OCCC(C)(C)OC(CO)c1ccccc1. The van der Waals surface area contributed by atoms with Crippen LogP contribution in [0.4, 0.5) is 0 Å². The molecule has 3 rings (SSSR count). The molecule has 0 aromatic heterocycles. The largest absolute Gasteiger partial charge is 0.407 e. The Morgan fingerprint density at radius 1 is 0.641 bits per heavy atom. The van der Waals surface area contributed by atoms with E-state index in [0.29, 0.717) is 13.2 Å². The quantitative estimate of drug-likeness (QED) is 0.229. The van der Waals surface area contributed by atoms with E-state index < -0.39 is 13.9 Å². The second-order valence-electron chi connectivity index (χ2n) is 12.6. The average molecular weight is 549 g/mol. The first-order valence-corrected chi connectivity index (χ1v) is 16.0. The number of hydrogen-bond donors (Lipinski definition) is 1. The third-order valence-corrected chi connectivity index (χ3v) is 12.5. The van der Waals surface area contributed by atoms with Crippen molar-refractivity contribution in [1.82, 2.24) is 0 Å². The van der Waals surface area contributed by atoms with E-state index in [1.165, 1.54) is 10.4 Å². The van der Waals surface area contributed by atoms with Crippen LogP contribution in [0.25, 0.3) is 0 Å². The Hall–Kier alpha value is -2.28. The van der Waals surface area contributed by atoms with E-state index in [-0.39, 0.29) is 23.4 Å². The Kier molecular flexibility index (Phi) is 10.7. The maximum atomic E-state index is 9.92. The van der Waals surface area contributed by atoms with Gasteiger partial charge in [0.05, 0.1) is 24.4 Å². The minimum absolute atomic E-state index is 0.0515. The summed E-state index contributed by atoms with van der Waals surface area (Å²) in [4.78, 5) is 0. The van der Waals surface area contributed by atoms with Crippen LogP contribution in [0.3, 0.4) is 0 Å². The van der Waals surface area contributed by atoms with E-state index in [4.69, 9.17) is 13.9 Å². The van der Waals surface area contributed by atoms with Gasteiger partial charge in [0.15, 0.2) is 0 Å². The van der Waals surface area contributed by atoms with Crippen molar-refractivity contribution in [2.45, 2.75) is 83.7 Å². The lowest BCUT2D eigenvalue weighted by Gasteiger charge is -2.43. The second kappa shape index (κ2) is 13.4. The van der Waals surface area contributed by atoms with Gasteiger partial charge in [-0.2, -0.15) is 0 Å². The zero-order valence-electron chi connectivity index (χ0n) is 24.9.